The molecular weight excluding hydrogens is 222 g/mol. The fourth-order valence-electron chi connectivity index (χ4n) is 1.45. The molecule has 0 aromatic heterocycles. The second kappa shape index (κ2) is 6.01. The lowest BCUT2D eigenvalue weighted by Gasteiger charge is -2.03. The summed E-state index contributed by atoms with van der Waals surface area (Å²) in [5.74, 6) is 0.225. The molecule has 0 aliphatic rings. The van der Waals surface area contributed by atoms with Crippen LogP contribution in [0.3, 0.4) is 0 Å². The first-order valence-electron chi connectivity index (χ1n) is 5.41. The summed E-state index contributed by atoms with van der Waals surface area (Å²) < 4.78 is 22.0. The largest absolute Gasteiger partial charge is 0.319 e. The fraction of sp³-hybridized carbons (Fsp3) is 0.500. The number of sulfone groups is 1. The molecule has 1 rings (SSSR count). The summed E-state index contributed by atoms with van der Waals surface area (Å²) in [4.78, 5) is 0. The van der Waals surface area contributed by atoms with E-state index in [9.17, 15) is 8.42 Å². The van der Waals surface area contributed by atoms with Crippen LogP contribution in [0.5, 0.6) is 0 Å². The smallest absolute Gasteiger partial charge is 0.147 e. The molecule has 1 N–H and O–H groups in total. The van der Waals surface area contributed by atoms with Crippen molar-refractivity contribution in [2.24, 2.45) is 0 Å². The Morgan fingerprint density at radius 3 is 2.00 bits per heavy atom. The van der Waals surface area contributed by atoms with Crippen molar-refractivity contribution in [3.63, 3.8) is 0 Å². The minimum atomic E-state index is -2.86. The van der Waals surface area contributed by atoms with Gasteiger partial charge in [0, 0.05) is 6.26 Å². The number of rotatable bonds is 6. The van der Waals surface area contributed by atoms with Crippen LogP contribution in [-0.4, -0.2) is 34.0 Å². The SMILES string of the molecule is CNCCc1ccc(CCS(C)(=O)=O)cc1. The Labute approximate surface area is 97.8 Å². The van der Waals surface area contributed by atoms with Gasteiger partial charge in [0.1, 0.15) is 9.84 Å². The highest BCUT2D eigenvalue weighted by molar-refractivity contribution is 7.90. The molecule has 0 saturated heterocycles. The first-order valence-corrected chi connectivity index (χ1v) is 7.47. The second-order valence-electron chi connectivity index (χ2n) is 4.05. The quantitative estimate of drug-likeness (QED) is 0.809. The Hall–Kier alpha value is -0.870. The summed E-state index contributed by atoms with van der Waals surface area (Å²) in [5.41, 5.74) is 2.36. The first kappa shape index (κ1) is 13.2. The Morgan fingerprint density at radius 1 is 1.06 bits per heavy atom. The van der Waals surface area contributed by atoms with Gasteiger partial charge in [-0.3, -0.25) is 0 Å². The van der Waals surface area contributed by atoms with Crippen LogP contribution >= 0.6 is 0 Å². The summed E-state index contributed by atoms with van der Waals surface area (Å²) in [6, 6.07) is 8.15. The van der Waals surface area contributed by atoms with Crippen LogP contribution in [-0.2, 0) is 22.7 Å². The van der Waals surface area contributed by atoms with Gasteiger partial charge in [-0.2, -0.15) is 0 Å². The number of benzene rings is 1. The maximum absolute atomic E-state index is 11.0. The molecule has 4 heteroatoms. The van der Waals surface area contributed by atoms with Crippen molar-refractivity contribution in [2.75, 3.05) is 25.6 Å². The maximum Gasteiger partial charge on any atom is 0.147 e. The topological polar surface area (TPSA) is 46.2 Å². The van der Waals surface area contributed by atoms with E-state index >= 15 is 0 Å². The predicted octanol–water partition coefficient (Wildman–Crippen LogP) is 1.04. The highest BCUT2D eigenvalue weighted by Crippen LogP contribution is 2.06. The van der Waals surface area contributed by atoms with Crippen LogP contribution in [0.25, 0.3) is 0 Å². The molecule has 3 nitrogen and oxygen atoms in total. The molecule has 1 aromatic carbocycles. The molecule has 0 aliphatic carbocycles. The summed E-state index contributed by atoms with van der Waals surface area (Å²) in [6.07, 6.45) is 2.88. The molecule has 0 amide bonds. The average molecular weight is 241 g/mol. The van der Waals surface area contributed by atoms with Crippen LogP contribution < -0.4 is 5.32 Å². The predicted molar refractivity (Wildman–Crippen MR) is 67.5 cm³/mol. The van der Waals surface area contributed by atoms with Gasteiger partial charge in [0.25, 0.3) is 0 Å². The molecule has 0 saturated carbocycles. The molecule has 0 unspecified atom stereocenters. The van der Waals surface area contributed by atoms with Gasteiger partial charge in [-0.25, -0.2) is 8.42 Å². The number of likely N-dealkylation sites (N-methyl/N-ethyl adjacent to an activating group) is 1. The van der Waals surface area contributed by atoms with Gasteiger partial charge in [0.15, 0.2) is 0 Å². The summed E-state index contributed by atoms with van der Waals surface area (Å²) in [5, 5.41) is 3.10. The number of hydrogen-bond donors (Lipinski definition) is 1. The van der Waals surface area contributed by atoms with Gasteiger partial charge < -0.3 is 5.32 Å². The molecule has 1 aromatic rings. The maximum atomic E-state index is 11.0. The van der Waals surface area contributed by atoms with Gasteiger partial charge in [-0.05, 0) is 37.6 Å². The van der Waals surface area contributed by atoms with Gasteiger partial charge in [-0.1, -0.05) is 24.3 Å². The van der Waals surface area contributed by atoms with Crippen LogP contribution in [0.1, 0.15) is 11.1 Å². The van der Waals surface area contributed by atoms with Crippen molar-refractivity contribution in [3.8, 4) is 0 Å². The van der Waals surface area contributed by atoms with Gasteiger partial charge in [-0.15, -0.1) is 0 Å². The molecule has 0 aliphatic heterocycles. The third-order valence-corrected chi connectivity index (χ3v) is 3.39. The Morgan fingerprint density at radius 2 is 1.56 bits per heavy atom. The van der Waals surface area contributed by atoms with Crippen LogP contribution in [0.2, 0.25) is 0 Å². The molecule has 0 atom stereocenters. The lowest BCUT2D eigenvalue weighted by Crippen LogP contribution is -2.10. The van der Waals surface area contributed by atoms with E-state index in [1.165, 1.54) is 11.8 Å². The van der Waals surface area contributed by atoms with Crippen molar-refractivity contribution in [3.05, 3.63) is 35.4 Å². The lowest BCUT2D eigenvalue weighted by molar-refractivity contribution is 0.601. The zero-order chi connectivity index (χ0) is 12.0. The fourth-order valence-corrected chi connectivity index (χ4v) is 2.05. The van der Waals surface area contributed by atoms with E-state index in [0.717, 1.165) is 18.5 Å². The van der Waals surface area contributed by atoms with Gasteiger partial charge in [0.05, 0.1) is 5.75 Å². The lowest BCUT2D eigenvalue weighted by atomic mass is 10.1. The highest BCUT2D eigenvalue weighted by Gasteiger charge is 2.02. The summed E-state index contributed by atoms with van der Waals surface area (Å²) >= 11 is 0. The van der Waals surface area contributed by atoms with Gasteiger partial charge >= 0.3 is 0 Å². The third-order valence-electron chi connectivity index (χ3n) is 2.45. The molecule has 16 heavy (non-hydrogen) atoms. The standard InChI is InChI=1S/C12H19NO2S/c1-13-9-7-11-3-5-12(6-4-11)8-10-16(2,14)15/h3-6,13H,7-10H2,1-2H3. The highest BCUT2D eigenvalue weighted by atomic mass is 32.2. The van der Waals surface area contributed by atoms with E-state index in [2.05, 4.69) is 17.4 Å². The third kappa shape index (κ3) is 5.28. The monoisotopic (exact) mass is 241 g/mol. The first-order chi connectivity index (χ1) is 7.51. The van der Waals surface area contributed by atoms with Crippen LogP contribution in [0, 0.1) is 0 Å². The molecule has 0 spiro atoms. The molecule has 0 heterocycles. The van der Waals surface area contributed by atoms with E-state index in [1.54, 1.807) is 0 Å². The summed E-state index contributed by atoms with van der Waals surface area (Å²) in [6.45, 7) is 0.961. The Kier molecular flexibility index (Phi) is 4.96. The zero-order valence-corrected chi connectivity index (χ0v) is 10.7. The minimum absolute atomic E-state index is 0.225. The van der Waals surface area contributed by atoms with Crippen molar-refractivity contribution >= 4 is 9.84 Å². The Bertz CT molecular complexity index is 409. The molecular formula is C12H19NO2S. The van der Waals surface area contributed by atoms with Crippen LogP contribution in [0.15, 0.2) is 24.3 Å². The number of aryl methyl sites for hydroxylation is 1. The van der Waals surface area contributed by atoms with Crippen LogP contribution in [0.4, 0.5) is 0 Å². The van der Waals surface area contributed by atoms with Crippen molar-refractivity contribution in [1.29, 1.82) is 0 Å². The minimum Gasteiger partial charge on any atom is -0.319 e. The zero-order valence-electron chi connectivity index (χ0n) is 9.86. The summed E-state index contributed by atoms with van der Waals surface area (Å²) in [7, 11) is -0.926. The van der Waals surface area contributed by atoms with Crippen molar-refractivity contribution in [1.82, 2.24) is 5.32 Å². The molecule has 90 valence electrons. The normalized spacial score (nSPS) is 11.6. The molecule has 0 bridgehead atoms. The van der Waals surface area contributed by atoms with Crippen molar-refractivity contribution in [2.45, 2.75) is 12.8 Å². The molecule has 0 radical (unpaired) electrons. The molecule has 0 fully saturated rings. The van der Waals surface area contributed by atoms with E-state index in [4.69, 9.17) is 0 Å². The Balaban J connectivity index is 2.51. The number of nitrogens with one attached hydrogen (secondary N) is 1. The number of hydrogen-bond acceptors (Lipinski definition) is 3. The van der Waals surface area contributed by atoms with E-state index in [-0.39, 0.29) is 5.75 Å². The average Bonchev–Trinajstić information content (AvgIpc) is 2.24. The van der Waals surface area contributed by atoms with E-state index in [1.807, 2.05) is 19.2 Å². The van der Waals surface area contributed by atoms with Gasteiger partial charge in [0.2, 0.25) is 0 Å². The van der Waals surface area contributed by atoms with E-state index < -0.39 is 9.84 Å². The van der Waals surface area contributed by atoms with E-state index in [0.29, 0.717) is 6.42 Å². The van der Waals surface area contributed by atoms with Crippen molar-refractivity contribution < 1.29 is 8.42 Å². The second-order valence-corrected chi connectivity index (χ2v) is 6.31.